The van der Waals surface area contributed by atoms with Gasteiger partial charge in [0.05, 0.1) is 23.3 Å². The number of aromatic nitrogens is 2. The number of nitrogens with zero attached hydrogens (tertiary/aromatic N) is 3. The average Bonchev–Trinajstić information content (AvgIpc) is 3.35. The first kappa shape index (κ1) is 23.7. The lowest BCUT2D eigenvalue weighted by molar-refractivity contribution is 0.0697. The monoisotopic (exact) mass is 500 g/mol. The van der Waals surface area contributed by atoms with Crippen LogP contribution in [0, 0.1) is 26.6 Å². The zero-order valence-corrected chi connectivity index (χ0v) is 20.9. The topological polar surface area (TPSA) is 70.4 Å². The van der Waals surface area contributed by atoms with E-state index >= 15 is 0 Å². The molecule has 0 saturated carbocycles. The van der Waals surface area contributed by atoms with E-state index in [0.29, 0.717) is 5.11 Å². The lowest BCUT2D eigenvalue weighted by Crippen LogP contribution is -2.29. The molecule has 0 bridgehead atoms. The van der Waals surface area contributed by atoms with E-state index in [1.807, 2.05) is 49.9 Å². The normalized spacial score (nSPS) is 17.3. The molecule has 2 atom stereocenters. The second kappa shape index (κ2) is 9.20. The summed E-state index contributed by atoms with van der Waals surface area (Å²) >= 11 is 5.77. The molecule has 6 nitrogen and oxygen atoms in total. The Labute approximate surface area is 214 Å². The summed E-state index contributed by atoms with van der Waals surface area (Å²) in [4.78, 5) is 18.3. The number of halogens is 1. The van der Waals surface area contributed by atoms with E-state index in [2.05, 4.69) is 20.9 Å². The molecular weight excluding hydrogens is 475 g/mol. The Morgan fingerprint density at radius 1 is 1.06 bits per heavy atom. The fourth-order valence-electron chi connectivity index (χ4n) is 4.99. The van der Waals surface area contributed by atoms with Crippen LogP contribution in [0.4, 0.5) is 10.1 Å². The van der Waals surface area contributed by atoms with Gasteiger partial charge in [-0.1, -0.05) is 12.1 Å². The summed E-state index contributed by atoms with van der Waals surface area (Å²) < 4.78 is 15.8. The van der Waals surface area contributed by atoms with Crippen LogP contribution in [0.25, 0.3) is 5.69 Å². The van der Waals surface area contributed by atoms with Gasteiger partial charge in [0.2, 0.25) is 0 Å². The molecule has 4 aromatic rings. The maximum absolute atomic E-state index is 13.7. The van der Waals surface area contributed by atoms with Crippen LogP contribution in [0.3, 0.4) is 0 Å². The number of thiocarbonyl (C=S) groups is 1. The molecule has 2 aromatic carbocycles. The molecule has 8 heteroatoms. The first-order valence-electron chi connectivity index (χ1n) is 11.6. The third-order valence-corrected chi connectivity index (χ3v) is 7.00. The molecule has 0 aliphatic carbocycles. The summed E-state index contributed by atoms with van der Waals surface area (Å²) in [6, 6.07) is 18.8. The number of carboxylic acids is 1. The zero-order chi connectivity index (χ0) is 25.6. The summed E-state index contributed by atoms with van der Waals surface area (Å²) in [5.74, 6) is -1.29. The Hall–Kier alpha value is -4.04. The number of benzene rings is 2. The van der Waals surface area contributed by atoms with E-state index in [1.165, 1.54) is 12.1 Å². The van der Waals surface area contributed by atoms with E-state index < -0.39 is 5.97 Å². The second-order valence-electron chi connectivity index (χ2n) is 8.94. The maximum Gasteiger partial charge on any atom is 0.335 e. The summed E-state index contributed by atoms with van der Waals surface area (Å²) in [6.45, 7) is 5.99. The van der Waals surface area contributed by atoms with Gasteiger partial charge in [0.1, 0.15) is 5.82 Å². The molecular formula is C28H25FN4O2S. The van der Waals surface area contributed by atoms with Crippen molar-refractivity contribution in [3.63, 3.8) is 0 Å². The number of nitrogens with one attached hydrogen (secondary N) is 1. The van der Waals surface area contributed by atoms with Gasteiger partial charge in [-0.2, -0.15) is 0 Å². The Morgan fingerprint density at radius 3 is 2.47 bits per heavy atom. The third-order valence-electron chi connectivity index (χ3n) is 6.69. The lowest BCUT2D eigenvalue weighted by atomic mass is 9.96. The number of rotatable bonds is 5. The average molecular weight is 501 g/mol. The van der Waals surface area contributed by atoms with Crippen molar-refractivity contribution in [2.45, 2.75) is 32.9 Å². The van der Waals surface area contributed by atoms with Crippen LogP contribution in [0.5, 0.6) is 0 Å². The predicted octanol–water partition coefficient (Wildman–Crippen LogP) is 5.81. The van der Waals surface area contributed by atoms with Crippen LogP contribution in [0.2, 0.25) is 0 Å². The summed E-state index contributed by atoms with van der Waals surface area (Å²) in [6.07, 6.45) is 1.75. The number of hydrogen-bond donors (Lipinski definition) is 2. The van der Waals surface area contributed by atoms with Crippen molar-refractivity contribution in [3.05, 3.63) is 113 Å². The molecule has 0 radical (unpaired) electrons. The van der Waals surface area contributed by atoms with E-state index in [9.17, 15) is 14.3 Å². The molecule has 5 rings (SSSR count). The van der Waals surface area contributed by atoms with Gasteiger partial charge >= 0.3 is 5.97 Å². The van der Waals surface area contributed by atoms with Gasteiger partial charge in [0, 0.05) is 29.0 Å². The van der Waals surface area contributed by atoms with Crippen molar-refractivity contribution in [2.75, 3.05) is 4.90 Å². The van der Waals surface area contributed by atoms with E-state index in [0.717, 1.165) is 39.6 Å². The van der Waals surface area contributed by atoms with E-state index in [1.54, 1.807) is 30.5 Å². The van der Waals surface area contributed by atoms with Crippen LogP contribution in [-0.2, 0) is 0 Å². The summed E-state index contributed by atoms with van der Waals surface area (Å²) in [5.41, 5.74) is 6.55. The fraction of sp³-hybridized carbons (Fsp3) is 0.179. The number of anilines is 1. The number of hydrogen-bond acceptors (Lipinski definition) is 3. The van der Waals surface area contributed by atoms with Crippen LogP contribution in [-0.4, -0.2) is 25.7 Å². The highest BCUT2D eigenvalue weighted by Gasteiger charge is 2.42. The molecule has 3 heterocycles. The van der Waals surface area contributed by atoms with Crippen LogP contribution in [0.1, 0.15) is 50.7 Å². The molecule has 0 amide bonds. The van der Waals surface area contributed by atoms with Crippen molar-refractivity contribution in [3.8, 4) is 5.69 Å². The molecule has 36 heavy (non-hydrogen) atoms. The van der Waals surface area contributed by atoms with Gasteiger partial charge in [-0.05, 0) is 98.7 Å². The van der Waals surface area contributed by atoms with E-state index in [4.69, 9.17) is 12.2 Å². The van der Waals surface area contributed by atoms with Crippen molar-refractivity contribution in [2.24, 2.45) is 0 Å². The van der Waals surface area contributed by atoms with Gasteiger partial charge in [0.25, 0.3) is 0 Å². The molecule has 182 valence electrons. The van der Waals surface area contributed by atoms with Crippen molar-refractivity contribution >= 4 is 29.0 Å². The highest BCUT2D eigenvalue weighted by molar-refractivity contribution is 7.80. The summed E-state index contributed by atoms with van der Waals surface area (Å²) in [5, 5.41) is 13.5. The minimum atomic E-state index is -0.970. The standard InChI is InChI=1S/C28H25FN4O2S/c1-16-7-8-19(27(34)35)15-24(16)32-17(2)14-22(18(32)3)26-25(23-6-4-5-13-30-23)31-28(36)33(26)21-11-9-20(29)10-12-21/h4-15,25-26H,1-3H3,(H,31,36)(H,34,35)/t25-,26-/m0/s1. The highest BCUT2D eigenvalue weighted by atomic mass is 32.1. The Morgan fingerprint density at radius 2 is 1.81 bits per heavy atom. The molecule has 1 aliphatic rings. The third kappa shape index (κ3) is 4.03. The first-order valence-corrected chi connectivity index (χ1v) is 12.0. The number of aromatic carboxylic acids is 1. The van der Waals surface area contributed by atoms with Crippen LogP contribution in [0.15, 0.2) is 72.9 Å². The second-order valence-corrected chi connectivity index (χ2v) is 9.33. The number of pyridine rings is 1. The SMILES string of the molecule is Cc1ccc(C(=O)O)cc1-n1c(C)cc([C@H]2[C@H](c3ccccn3)NC(=S)N2c2ccc(F)cc2)c1C. The summed E-state index contributed by atoms with van der Waals surface area (Å²) in [7, 11) is 0. The molecule has 0 spiro atoms. The quantitative estimate of drug-likeness (QED) is 0.337. The Balaban J connectivity index is 1.69. The molecule has 1 aliphatic heterocycles. The van der Waals surface area contributed by atoms with Crippen LogP contribution >= 0.6 is 12.2 Å². The van der Waals surface area contributed by atoms with Gasteiger partial charge in [-0.3, -0.25) is 4.98 Å². The minimum Gasteiger partial charge on any atom is -0.478 e. The molecule has 2 aromatic heterocycles. The smallest absolute Gasteiger partial charge is 0.335 e. The van der Waals surface area contributed by atoms with Gasteiger partial charge in [0.15, 0.2) is 5.11 Å². The largest absolute Gasteiger partial charge is 0.478 e. The van der Waals surface area contributed by atoms with Gasteiger partial charge in [-0.25, -0.2) is 9.18 Å². The van der Waals surface area contributed by atoms with Gasteiger partial charge < -0.3 is 19.9 Å². The van der Waals surface area contributed by atoms with Gasteiger partial charge in [-0.15, -0.1) is 0 Å². The van der Waals surface area contributed by atoms with Crippen molar-refractivity contribution in [1.82, 2.24) is 14.9 Å². The fourth-order valence-corrected chi connectivity index (χ4v) is 5.34. The lowest BCUT2D eigenvalue weighted by Gasteiger charge is -2.28. The first-order chi connectivity index (χ1) is 17.3. The molecule has 1 fully saturated rings. The van der Waals surface area contributed by atoms with Crippen LogP contribution < -0.4 is 10.2 Å². The molecule has 1 saturated heterocycles. The Kier molecular flexibility index (Phi) is 6.05. The predicted molar refractivity (Wildman–Crippen MR) is 141 cm³/mol. The Bertz CT molecular complexity index is 1470. The highest BCUT2D eigenvalue weighted by Crippen LogP contribution is 2.43. The van der Waals surface area contributed by atoms with E-state index in [-0.39, 0.29) is 23.5 Å². The number of carbonyl (C=O) groups is 1. The van der Waals surface area contributed by atoms with Crippen molar-refractivity contribution in [1.29, 1.82) is 0 Å². The number of aryl methyl sites for hydroxylation is 2. The zero-order valence-electron chi connectivity index (χ0n) is 20.1. The molecule has 2 N–H and O–H groups in total. The minimum absolute atomic E-state index is 0.229. The maximum atomic E-state index is 13.7. The molecule has 0 unspecified atom stereocenters. The number of carboxylic acid groups (broad SMARTS) is 1. The van der Waals surface area contributed by atoms with Crippen molar-refractivity contribution < 1.29 is 14.3 Å².